The number of hydrogen-bond acceptors (Lipinski definition) is 3. The monoisotopic (exact) mass is 303 g/mol. The van der Waals surface area contributed by atoms with Crippen LogP contribution in [0.2, 0.25) is 0 Å². The molecular formula is C18H25NO3. The Morgan fingerprint density at radius 2 is 2.23 bits per heavy atom. The average Bonchev–Trinajstić information content (AvgIpc) is 3.20. The van der Waals surface area contributed by atoms with Crippen LogP contribution in [0.3, 0.4) is 0 Å². The van der Waals surface area contributed by atoms with Crippen LogP contribution in [0.4, 0.5) is 0 Å². The molecule has 2 aliphatic rings. The summed E-state index contributed by atoms with van der Waals surface area (Å²) < 4.78 is 11.4. The topological polar surface area (TPSA) is 47.6 Å². The minimum atomic E-state index is -0.430. The van der Waals surface area contributed by atoms with E-state index in [0.29, 0.717) is 13.0 Å². The molecule has 1 aromatic carbocycles. The van der Waals surface area contributed by atoms with Crippen LogP contribution >= 0.6 is 0 Å². The van der Waals surface area contributed by atoms with Gasteiger partial charge in [-0.05, 0) is 61.8 Å². The molecule has 0 aromatic heterocycles. The van der Waals surface area contributed by atoms with Gasteiger partial charge in [-0.15, -0.1) is 0 Å². The first-order valence-electron chi connectivity index (χ1n) is 8.44. The molecule has 1 saturated heterocycles. The Bertz CT molecular complexity index is 523. The van der Waals surface area contributed by atoms with E-state index in [-0.39, 0.29) is 12.0 Å². The molecule has 120 valence electrons. The summed E-state index contributed by atoms with van der Waals surface area (Å²) in [7, 11) is 0. The van der Waals surface area contributed by atoms with Crippen LogP contribution in [0, 0.1) is 0 Å². The highest BCUT2D eigenvalue weighted by Gasteiger charge is 2.22. The third kappa shape index (κ3) is 3.61. The van der Waals surface area contributed by atoms with Gasteiger partial charge in [0.2, 0.25) is 0 Å². The number of hydrogen-bond donors (Lipinski definition) is 1. The van der Waals surface area contributed by atoms with Crippen LogP contribution in [0.1, 0.15) is 43.7 Å². The normalized spacial score (nSPS) is 21.4. The van der Waals surface area contributed by atoms with Crippen molar-refractivity contribution in [2.75, 3.05) is 13.2 Å². The van der Waals surface area contributed by atoms with E-state index in [9.17, 15) is 4.79 Å². The van der Waals surface area contributed by atoms with Gasteiger partial charge in [0.15, 0.2) is 6.10 Å². The van der Waals surface area contributed by atoms with Gasteiger partial charge in [0, 0.05) is 13.2 Å². The Morgan fingerprint density at radius 3 is 3.00 bits per heavy atom. The van der Waals surface area contributed by atoms with E-state index in [0.717, 1.165) is 38.0 Å². The summed E-state index contributed by atoms with van der Waals surface area (Å²) in [4.78, 5) is 12.3. The standard InChI is InChI=1S/C18H25NO3/c1-2-17(18(20)19-12-16-7-4-10-21-16)22-15-9-8-13-5-3-6-14(13)11-15/h8-9,11,16-17H,2-7,10,12H2,1H3,(H,19,20)/t16-,17-/m1/s1. The molecule has 0 radical (unpaired) electrons. The molecule has 3 rings (SSSR count). The fraction of sp³-hybridized carbons (Fsp3) is 0.611. The smallest absolute Gasteiger partial charge is 0.261 e. The highest BCUT2D eigenvalue weighted by molar-refractivity contribution is 5.81. The van der Waals surface area contributed by atoms with Crippen molar-refractivity contribution in [2.24, 2.45) is 0 Å². The van der Waals surface area contributed by atoms with Crippen molar-refractivity contribution in [3.63, 3.8) is 0 Å². The Hall–Kier alpha value is -1.55. The number of ether oxygens (including phenoxy) is 2. The molecular weight excluding hydrogens is 278 g/mol. The van der Waals surface area contributed by atoms with E-state index in [2.05, 4.69) is 17.4 Å². The summed E-state index contributed by atoms with van der Waals surface area (Å²) >= 11 is 0. The number of nitrogens with one attached hydrogen (secondary N) is 1. The second kappa shape index (κ2) is 7.14. The Kier molecular flexibility index (Phi) is 4.98. The SMILES string of the molecule is CC[C@@H](Oc1ccc2c(c1)CCC2)C(=O)NC[C@H]1CCCO1. The van der Waals surface area contributed by atoms with Crippen LogP contribution in [0.25, 0.3) is 0 Å². The van der Waals surface area contributed by atoms with Gasteiger partial charge in [-0.2, -0.15) is 0 Å². The maximum Gasteiger partial charge on any atom is 0.261 e. The van der Waals surface area contributed by atoms with Crippen molar-refractivity contribution in [1.82, 2.24) is 5.32 Å². The molecule has 1 fully saturated rings. The Labute approximate surface area is 132 Å². The first-order valence-corrected chi connectivity index (χ1v) is 8.44. The van der Waals surface area contributed by atoms with Crippen molar-refractivity contribution in [3.8, 4) is 5.75 Å². The fourth-order valence-electron chi connectivity index (χ4n) is 3.24. The lowest BCUT2D eigenvalue weighted by Gasteiger charge is -2.19. The minimum Gasteiger partial charge on any atom is -0.481 e. The lowest BCUT2D eigenvalue weighted by molar-refractivity contribution is -0.128. The summed E-state index contributed by atoms with van der Waals surface area (Å²) in [5.41, 5.74) is 2.79. The number of carbonyl (C=O) groups excluding carboxylic acids is 1. The molecule has 0 unspecified atom stereocenters. The third-order valence-corrected chi connectivity index (χ3v) is 4.54. The number of fused-ring (bicyclic) bond motifs is 1. The molecule has 0 saturated carbocycles. The van der Waals surface area contributed by atoms with Gasteiger partial charge in [-0.1, -0.05) is 13.0 Å². The van der Waals surface area contributed by atoms with Crippen molar-refractivity contribution in [3.05, 3.63) is 29.3 Å². The van der Waals surface area contributed by atoms with E-state index in [1.807, 2.05) is 13.0 Å². The second-order valence-electron chi connectivity index (χ2n) is 6.18. The van der Waals surface area contributed by atoms with Gasteiger partial charge in [0.25, 0.3) is 5.91 Å². The summed E-state index contributed by atoms with van der Waals surface area (Å²) in [5.74, 6) is 0.762. The summed E-state index contributed by atoms with van der Waals surface area (Å²) in [6, 6.07) is 6.22. The van der Waals surface area contributed by atoms with Crippen molar-refractivity contribution < 1.29 is 14.3 Å². The van der Waals surface area contributed by atoms with Crippen LogP contribution < -0.4 is 10.1 Å². The van der Waals surface area contributed by atoms with Crippen LogP contribution in [0.5, 0.6) is 5.75 Å². The first kappa shape index (κ1) is 15.3. The predicted molar refractivity (Wildman–Crippen MR) is 85.2 cm³/mol. The highest BCUT2D eigenvalue weighted by Crippen LogP contribution is 2.26. The van der Waals surface area contributed by atoms with Crippen molar-refractivity contribution in [1.29, 1.82) is 0 Å². The lowest BCUT2D eigenvalue weighted by atomic mass is 10.1. The van der Waals surface area contributed by atoms with Gasteiger partial charge < -0.3 is 14.8 Å². The number of carbonyl (C=O) groups is 1. The Morgan fingerprint density at radius 1 is 1.36 bits per heavy atom. The van der Waals surface area contributed by atoms with E-state index in [4.69, 9.17) is 9.47 Å². The average molecular weight is 303 g/mol. The summed E-state index contributed by atoms with van der Waals surface area (Å²) in [5, 5.41) is 2.96. The summed E-state index contributed by atoms with van der Waals surface area (Å²) in [6.45, 7) is 3.37. The number of aryl methyl sites for hydroxylation is 2. The maximum absolute atomic E-state index is 12.3. The zero-order valence-electron chi connectivity index (χ0n) is 13.3. The third-order valence-electron chi connectivity index (χ3n) is 4.54. The number of benzene rings is 1. The highest BCUT2D eigenvalue weighted by atomic mass is 16.5. The van der Waals surface area contributed by atoms with E-state index >= 15 is 0 Å². The van der Waals surface area contributed by atoms with Crippen LogP contribution in [-0.4, -0.2) is 31.3 Å². The molecule has 1 aromatic rings. The van der Waals surface area contributed by atoms with Crippen molar-refractivity contribution >= 4 is 5.91 Å². The van der Waals surface area contributed by atoms with Gasteiger partial charge in [-0.25, -0.2) is 0 Å². The fourth-order valence-corrected chi connectivity index (χ4v) is 3.24. The number of rotatable bonds is 6. The van der Waals surface area contributed by atoms with E-state index < -0.39 is 6.10 Å². The van der Waals surface area contributed by atoms with Gasteiger partial charge in [0.1, 0.15) is 5.75 Å². The molecule has 1 aliphatic heterocycles. The van der Waals surface area contributed by atoms with Gasteiger partial charge in [-0.3, -0.25) is 4.79 Å². The first-order chi connectivity index (χ1) is 10.8. The second-order valence-corrected chi connectivity index (χ2v) is 6.18. The minimum absolute atomic E-state index is 0.0431. The Balaban J connectivity index is 1.55. The molecule has 4 heteroatoms. The van der Waals surface area contributed by atoms with E-state index in [1.54, 1.807) is 0 Å². The van der Waals surface area contributed by atoms with E-state index in [1.165, 1.54) is 17.5 Å². The van der Waals surface area contributed by atoms with Crippen LogP contribution in [-0.2, 0) is 22.4 Å². The quantitative estimate of drug-likeness (QED) is 0.879. The molecule has 1 amide bonds. The van der Waals surface area contributed by atoms with Crippen molar-refractivity contribution in [2.45, 2.75) is 57.7 Å². The number of amides is 1. The summed E-state index contributed by atoms with van der Waals surface area (Å²) in [6.07, 6.45) is 6.02. The van der Waals surface area contributed by atoms with Gasteiger partial charge in [0.05, 0.1) is 6.10 Å². The molecule has 1 N–H and O–H groups in total. The molecule has 2 atom stereocenters. The lowest BCUT2D eigenvalue weighted by Crippen LogP contribution is -2.41. The van der Waals surface area contributed by atoms with Gasteiger partial charge >= 0.3 is 0 Å². The molecule has 1 heterocycles. The molecule has 0 spiro atoms. The molecule has 1 aliphatic carbocycles. The molecule has 22 heavy (non-hydrogen) atoms. The van der Waals surface area contributed by atoms with Crippen LogP contribution in [0.15, 0.2) is 18.2 Å². The predicted octanol–water partition coefficient (Wildman–Crippen LogP) is 2.63. The zero-order valence-corrected chi connectivity index (χ0v) is 13.3. The molecule has 0 bridgehead atoms. The zero-order chi connectivity index (χ0) is 15.4. The largest absolute Gasteiger partial charge is 0.481 e. The maximum atomic E-state index is 12.3. The molecule has 4 nitrogen and oxygen atoms in total.